The van der Waals surface area contributed by atoms with E-state index in [2.05, 4.69) is 12.2 Å². The lowest BCUT2D eigenvalue weighted by molar-refractivity contribution is 0.0115. The Morgan fingerprint density at radius 3 is 2.88 bits per heavy atom. The van der Waals surface area contributed by atoms with Crippen LogP contribution in [-0.4, -0.2) is 36.7 Å². The number of ether oxygens (including phenoxy) is 2. The van der Waals surface area contributed by atoms with Crippen LogP contribution in [0.15, 0.2) is 47.1 Å². The second-order valence-electron chi connectivity index (χ2n) is 6.40. The zero-order valence-corrected chi connectivity index (χ0v) is 15.1. The number of hydrogen-bond donors (Lipinski definition) is 1. The lowest BCUT2D eigenvalue weighted by Gasteiger charge is -2.32. The van der Waals surface area contributed by atoms with Gasteiger partial charge in [0.2, 0.25) is 0 Å². The molecule has 1 fully saturated rings. The maximum atomic E-state index is 12.5. The van der Waals surface area contributed by atoms with Crippen molar-refractivity contribution in [3.8, 4) is 5.75 Å². The summed E-state index contributed by atoms with van der Waals surface area (Å²) in [5.74, 6) is 1.50. The molecule has 0 radical (unpaired) electrons. The molecule has 1 aromatic heterocycles. The summed E-state index contributed by atoms with van der Waals surface area (Å²) in [6.07, 6.45) is 4.76. The van der Waals surface area contributed by atoms with Crippen LogP contribution in [0.5, 0.6) is 5.75 Å². The molecule has 0 bridgehead atoms. The Morgan fingerprint density at radius 1 is 1.31 bits per heavy atom. The topological polar surface area (TPSA) is 63.9 Å². The van der Waals surface area contributed by atoms with Crippen LogP contribution in [0.2, 0.25) is 0 Å². The van der Waals surface area contributed by atoms with Crippen LogP contribution in [0.1, 0.15) is 31.9 Å². The van der Waals surface area contributed by atoms with Crippen molar-refractivity contribution in [2.24, 2.45) is 0 Å². The maximum Gasteiger partial charge on any atom is 0.321 e. The van der Waals surface area contributed by atoms with Crippen molar-refractivity contribution in [1.29, 1.82) is 0 Å². The average Bonchev–Trinajstić information content (AvgIpc) is 3.19. The van der Waals surface area contributed by atoms with Crippen LogP contribution in [0.25, 0.3) is 0 Å². The Balaban J connectivity index is 1.47. The summed E-state index contributed by atoms with van der Waals surface area (Å²) in [6, 6.07) is 11.0. The van der Waals surface area contributed by atoms with Gasteiger partial charge in [0.05, 0.1) is 12.4 Å². The van der Waals surface area contributed by atoms with Crippen molar-refractivity contribution in [2.75, 3.05) is 25.0 Å². The van der Waals surface area contributed by atoms with Gasteiger partial charge in [-0.25, -0.2) is 4.79 Å². The van der Waals surface area contributed by atoms with Gasteiger partial charge < -0.3 is 24.1 Å². The third-order valence-electron chi connectivity index (χ3n) is 4.29. The summed E-state index contributed by atoms with van der Waals surface area (Å²) < 4.78 is 16.7. The van der Waals surface area contributed by atoms with Gasteiger partial charge in [0.25, 0.3) is 0 Å². The summed E-state index contributed by atoms with van der Waals surface area (Å²) in [7, 11) is 0. The first-order valence-electron chi connectivity index (χ1n) is 9.17. The van der Waals surface area contributed by atoms with E-state index in [1.165, 1.54) is 0 Å². The Kier molecular flexibility index (Phi) is 6.55. The largest absolute Gasteiger partial charge is 0.486 e. The molecule has 1 atom stereocenters. The van der Waals surface area contributed by atoms with Gasteiger partial charge in [-0.2, -0.15) is 0 Å². The minimum absolute atomic E-state index is 0.0842. The molecule has 26 heavy (non-hydrogen) atoms. The molecular formula is C20H26N2O4. The highest BCUT2D eigenvalue weighted by Gasteiger charge is 2.24. The van der Waals surface area contributed by atoms with E-state index in [0.717, 1.165) is 49.6 Å². The molecule has 0 spiro atoms. The standard InChI is InChI=1S/C20H26N2O4/c1-2-12-24-18-5-3-11-22(14-18)20(23)21-16-7-9-17(10-8-16)26-15-19-6-4-13-25-19/h4,6-10,13,18H,2-3,5,11-12,14-15H2,1H3,(H,21,23). The Labute approximate surface area is 154 Å². The fourth-order valence-corrected chi connectivity index (χ4v) is 2.93. The molecule has 1 aliphatic heterocycles. The normalized spacial score (nSPS) is 17.1. The third kappa shape index (κ3) is 5.26. The molecule has 6 heteroatoms. The Morgan fingerprint density at radius 2 is 2.15 bits per heavy atom. The Hall–Kier alpha value is -2.47. The van der Waals surface area contributed by atoms with Gasteiger partial charge in [-0.15, -0.1) is 0 Å². The van der Waals surface area contributed by atoms with Gasteiger partial charge in [-0.3, -0.25) is 0 Å². The highest BCUT2D eigenvalue weighted by atomic mass is 16.5. The predicted molar refractivity (Wildman–Crippen MR) is 99.3 cm³/mol. The van der Waals surface area contributed by atoms with E-state index in [9.17, 15) is 4.79 Å². The quantitative estimate of drug-likeness (QED) is 0.802. The van der Waals surface area contributed by atoms with Crippen LogP contribution in [0, 0.1) is 0 Å². The molecule has 1 aromatic carbocycles. The van der Waals surface area contributed by atoms with E-state index in [0.29, 0.717) is 13.2 Å². The van der Waals surface area contributed by atoms with Crippen LogP contribution in [-0.2, 0) is 11.3 Å². The number of piperidine rings is 1. The molecule has 2 aromatic rings. The molecule has 1 unspecified atom stereocenters. The molecule has 1 aliphatic rings. The van der Waals surface area contributed by atoms with Gasteiger partial charge in [0.1, 0.15) is 18.1 Å². The van der Waals surface area contributed by atoms with Crippen molar-refractivity contribution in [2.45, 2.75) is 38.9 Å². The number of carbonyl (C=O) groups is 1. The van der Waals surface area contributed by atoms with Crippen LogP contribution >= 0.6 is 0 Å². The smallest absolute Gasteiger partial charge is 0.321 e. The number of furan rings is 1. The minimum atomic E-state index is -0.0842. The number of likely N-dealkylation sites (tertiary alicyclic amines) is 1. The molecule has 6 nitrogen and oxygen atoms in total. The van der Waals surface area contributed by atoms with Crippen molar-refractivity contribution < 1.29 is 18.7 Å². The van der Waals surface area contributed by atoms with E-state index < -0.39 is 0 Å². The number of urea groups is 1. The molecule has 2 heterocycles. The molecule has 140 valence electrons. The first-order chi connectivity index (χ1) is 12.7. The average molecular weight is 358 g/mol. The first-order valence-corrected chi connectivity index (χ1v) is 9.17. The van der Waals surface area contributed by atoms with Crippen molar-refractivity contribution >= 4 is 11.7 Å². The van der Waals surface area contributed by atoms with Gasteiger partial charge in [-0.05, 0) is 55.7 Å². The summed E-state index contributed by atoms with van der Waals surface area (Å²) in [6.45, 7) is 4.64. The Bertz CT molecular complexity index is 670. The van der Waals surface area contributed by atoms with E-state index in [1.54, 1.807) is 6.26 Å². The second-order valence-corrected chi connectivity index (χ2v) is 6.40. The molecule has 0 saturated carbocycles. The summed E-state index contributed by atoms with van der Waals surface area (Å²) in [5, 5.41) is 2.94. The van der Waals surface area contributed by atoms with E-state index in [1.807, 2.05) is 41.3 Å². The van der Waals surface area contributed by atoms with Crippen LogP contribution in [0.3, 0.4) is 0 Å². The van der Waals surface area contributed by atoms with Crippen LogP contribution in [0.4, 0.5) is 10.5 Å². The van der Waals surface area contributed by atoms with Gasteiger partial charge in [0.15, 0.2) is 0 Å². The summed E-state index contributed by atoms with van der Waals surface area (Å²) in [5.41, 5.74) is 0.747. The number of anilines is 1. The van der Waals surface area contributed by atoms with Gasteiger partial charge in [-0.1, -0.05) is 6.92 Å². The number of carbonyl (C=O) groups excluding carboxylic acids is 1. The second kappa shape index (κ2) is 9.29. The predicted octanol–water partition coefficient (Wildman–Crippen LogP) is 4.28. The molecule has 1 saturated heterocycles. The molecule has 1 N–H and O–H groups in total. The number of nitrogens with zero attached hydrogens (tertiary/aromatic N) is 1. The molecule has 2 amide bonds. The summed E-state index contributed by atoms with van der Waals surface area (Å²) in [4.78, 5) is 14.3. The lowest BCUT2D eigenvalue weighted by atomic mass is 10.1. The number of benzene rings is 1. The zero-order valence-electron chi connectivity index (χ0n) is 15.1. The highest BCUT2D eigenvalue weighted by Crippen LogP contribution is 2.19. The van der Waals surface area contributed by atoms with Crippen molar-refractivity contribution in [3.05, 3.63) is 48.4 Å². The molecule has 0 aliphatic carbocycles. The number of nitrogens with one attached hydrogen (secondary N) is 1. The van der Waals surface area contributed by atoms with Crippen molar-refractivity contribution in [1.82, 2.24) is 4.90 Å². The monoisotopic (exact) mass is 358 g/mol. The van der Waals surface area contributed by atoms with Gasteiger partial charge >= 0.3 is 6.03 Å². The van der Waals surface area contributed by atoms with Crippen molar-refractivity contribution in [3.63, 3.8) is 0 Å². The number of hydrogen-bond acceptors (Lipinski definition) is 4. The minimum Gasteiger partial charge on any atom is -0.486 e. The highest BCUT2D eigenvalue weighted by molar-refractivity contribution is 5.89. The van der Waals surface area contributed by atoms with Crippen LogP contribution < -0.4 is 10.1 Å². The third-order valence-corrected chi connectivity index (χ3v) is 4.29. The lowest BCUT2D eigenvalue weighted by Crippen LogP contribution is -2.45. The van der Waals surface area contributed by atoms with E-state index in [-0.39, 0.29) is 12.1 Å². The SMILES string of the molecule is CCCOC1CCCN(C(=O)Nc2ccc(OCc3ccco3)cc2)C1. The summed E-state index contributed by atoms with van der Waals surface area (Å²) >= 11 is 0. The maximum absolute atomic E-state index is 12.5. The fourth-order valence-electron chi connectivity index (χ4n) is 2.93. The molecular weight excluding hydrogens is 332 g/mol. The van der Waals surface area contributed by atoms with E-state index >= 15 is 0 Å². The van der Waals surface area contributed by atoms with Gasteiger partial charge in [0, 0.05) is 25.4 Å². The van der Waals surface area contributed by atoms with E-state index in [4.69, 9.17) is 13.9 Å². The first kappa shape index (κ1) is 18.3. The molecule has 3 rings (SSSR count). The fraction of sp³-hybridized carbons (Fsp3) is 0.450. The zero-order chi connectivity index (χ0) is 18.2. The number of amides is 2. The number of rotatable bonds is 7.